The van der Waals surface area contributed by atoms with Gasteiger partial charge in [-0.2, -0.15) is 0 Å². The summed E-state index contributed by atoms with van der Waals surface area (Å²) >= 11 is 0. The number of rotatable bonds is 3. The largest absolute Gasteiger partial charge is 0.445 e. The molecule has 0 aromatic carbocycles. The second-order valence-electron chi connectivity index (χ2n) is 2.98. The van der Waals surface area contributed by atoms with Crippen molar-refractivity contribution in [2.45, 2.75) is 34.1 Å². The van der Waals surface area contributed by atoms with Crippen LogP contribution in [0.25, 0.3) is 0 Å². The van der Waals surface area contributed by atoms with Crippen LogP contribution in [-0.2, 0) is 19.3 Å². The number of nitrogens with zero attached hydrogens (tertiary/aromatic N) is 2. The van der Waals surface area contributed by atoms with E-state index in [4.69, 9.17) is 0 Å². The number of carbonyl (C=O) groups excluding carboxylic acids is 2. The molecule has 0 bridgehead atoms. The van der Waals surface area contributed by atoms with Crippen molar-refractivity contribution in [2.24, 2.45) is 10.3 Å². The zero-order valence-electron chi connectivity index (χ0n) is 9.23. The third-order valence-corrected chi connectivity index (χ3v) is 1.27. The molecule has 6 nitrogen and oxygen atoms in total. The summed E-state index contributed by atoms with van der Waals surface area (Å²) in [5.74, 6) is -2.38. The van der Waals surface area contributed by atoms with Gasteiger partial charge in [0.25, 0.3) is 0 Å². The Morgan fingerprint density at radius 3 is 1.87 bits per heavy atom. The fraction of sp³-hybridized carbons (Fsp3) is 0.556. The topological polar surface area (TPSA) is 77.3 Å². The van der Waals surface area contributed by atoms with Crippen LogP contribution < -0.4 is 0 Å². The third kappa shape index (κ3) is 6.36. The second-order valence-corrected chi connectivity index (χ2v) is 2.98. The summed E-state index contributed by atoms with van der Waals surface area (Å²) in [5, 5.41) is 6.72. The number of oxime groups is 2. The van der Waals surface area contributed by atoms with Crippen LogP contribution in [0.4, 0.5) is 0 Å². The van der Waals surface area contributed by atoms with Gasteiger partial charge in [0, 0.05) is 0 Å². The Kier molecular flexibility index (Phi) is 5.92. The van der Waals surface area contributed by atoms with E-state index in [2.05, 4.69) is 20.0 Å². The number of carbonyl (C=O) groups is 2. The van der Waals surface area contributed by atoms with Gasteiger partial charge < -0.3 is 9.68 Å². The first-order chi connectivity index (χ1) is 6.97. The van der Waals surface area contributed by atoms with E-state index in [1.807, 2.05) is 6.92 Å². The quantitative estimate of drug-likeness (QED) is 0.306. The van der Waals surface area contributed by atoms with E-state index < -0.39 is 11.9 Å². The molecule has 6 heteroatoms. The molecule has 15 heavy (non-hydrogen) atoms. The van der Waals surface area contributed by atoms with Crippen molar-refractivity contribution >= 4 is 23.4 Å². The van der Waals surface area contributed by atoms with Gasteiger partial charge in [-0.3, -0.25) is 0 Å². The first-order valence-electron chi connectivity index (χ1n) is 4.44. The van der Waals surface area contributed by atoms with Crippen molar-refractivity contribution in [2.75, 3.05) is 0 Å². The SMILES string of the molecule is CCC(C)=NOC(=O)C(=O)ON=C(C)C. The molecule has 0 aliphatic rings. The Labute approximate surface area is 87.9 Å². The maximum absolute atomic E-state index is 10.9. The molecule has 0 saturated carbocycles. The molecule has 0 saturated heterocycles. The van der Waals surface area contributed by atoms with Gasteiger partial charge in [-0.05, 0) is 27.2 Å². The van der Waals surface area contributed by atoms with Crippen LogP contribution in [0.2, 0.25) is 0 Å². The Morgan fingerprint density at radius 2 is 1.47 bits per heavy atom. The third-order valence-electron chi connectivity index (χ3n) is 1.27. The normalized spacial score (nSPS) is 10.5. The van der Waals surface area contributed by atoms with Crippen LogP contribution in [0.1, 0.15) is 34.1 Å². The molecule has 0 aromatic rings. The predicted octanol–water partition coefficient (Wildman–Crippen LogP) is 1.25. The molecule has 0 amide bonds. The summed E-state index contributed by atoms with van der Waals surface area (Å²) in [5.41, 5.74) is 1.12. The first kappa shape index (κ1) is 13.3. The molecular weight excluding hydrogens is 200 g/mol. The highest BCUT2D eigenvalue weighted by molar-refractivity contribution is 6.29. The van der Waals surface area contributed by atoms with Crippen LogP contribution in [-0.4, -0.2) is 23.4 Å². The van der Waals surface area contributed by atoms with Crippen LogP contribution >= 0.6 is 0 Å². The molecular formula is C9H14N2O4. The minimum atomic E-state index is -1.19. The van der Waals surface area contributed by atoms with Crippen molar-refractivity contribution < 1.29 is 19.3 Å². The van der Waals surface area contributed by atoms with Crippen molar-refractivity contribution in [3.63, 3.8) is 0 Å². The van der Waals surface area contributed by atoms with E-state index in [0.717, 1.165) is 0 Å². The summed E-state index contributed by atoms with van der Waals surface area (Å²) < 4.78 is 0. The number of hydrogen-bond donors (Lipinski definition) is 0. The summed E-state index contributed by atoms with van der Waals surface area (Å²) in [6.07, 6.45) is 0.633. The Morgan fingerprint density at radius 1 is 1.00 bits per heavy atom. The number of hydrogen-bond acceptors (Lipinski definition) is 6. The van der Waals surface area contributed by atoms with E-state index in [9.17, 15) is 9.59 Å². The van der Waals surface area contributed by atoms with Crippen LogP contribution in [0.15, 0.2) is 10.3 Å². The van der Waals surface area contributed by atoms with E-state index in [1.54, 1.807) is 20.8 Å². The van der Waals surface area contributed by atoms with E-state index >= 15 is 0 Å². The minimum absolute atomic E-state index is 0.518. The lowest BCUT2D eigenvalue weighted by Crippen LogP contribution is -2.17. The molecule has 0 aliphatic carbocycles. The molecule has 0 spiro atoms. The molecule has 0 rings (SSSR count). The van der Waals surface area contributed by atoms with Crippen molar-refractivity contribution in [3.05, 3.63) is 0 Å². The maximum atomic E-state index is 10.9. The predicted molar refractivity (Wildman–Crippen MR) is 54.4 cm³/mol. The highest BCUT2D eigenvalue weighted by atomic mass is 16.7. The average molecular weight is 214 g/mol. The van der Waals surface area contributed by atoms with Gasteiger partial charge in [-0.25, -0.2) is 9.59 Å². The van der Waals surface area contributed by atoms with Crippen molar-refractivity contribution in [1.82, 2.24) is 0 Å². The highest BCUT2D eigenvalue weighted by Crippen LogP contribution is 1.91. The molecule has 0 radical (unpaired) electrons. The fourth-order valence-corrected chi connectivity index (χ4v) is 0.391. The Bertz CT molecular complexity index is 303. The van der Waals surface area contributed by atoms with Crippen LogP contribution in [0, 0.1) is 0 Å². The lowest BCUT2D eigenvalue weighted by molar-refractivity contribution is -0.167. The van der Waals surface area contributed by atoms with Gasteiger partial charge in [0.15, 0.2) is 0 Å². The van der Waals surface area contributed by atoms with E-state index in [-0.39, 0.29) is 0 Å². The zero-order chi connectivity index (χ0) is 11.8. The Balaban J connectivity index is 4.12. The van der Waals surface area contributed by atoms with Crippen molar-refractivity contribution in [1.29, 1.82) is 0 Å². The smallest absolute Gasteiger partial charge is 0.306 e. The van der Waals surface area contributed by atoms with E-state index in [1.165, 1.54) is 0 Å². The van der Waals surface area contributed by atoms with Crippen molar-refractivity contribution in [3.8, 4) is 0 Å². The summed E-state index contributed by atoms with van der Waals surface area (Å²) in [6, 6.07) is 0. The average Bonchev–Trinajstić information content (AvgIpc) is 2.21. The fourth-order valence-electron chi connectivity index (χ4n) is 0.391. The second kappa shape index (κ2) is 6.69. The van der Waals surface area contributed by atoms with Gasteiger partial charge in [0.1, 0.15) is 0 Å². The standard InChI is InChI=1S/C9H14N2O4/c1-5-7(4)11-15-9(13)8(12)14-10-6(2)3/h5H2,1-4H3. The lowest BCUT2D eigenvalue weighted by atomic mass is 10.3. The van der Waals surface area contributed by atoms with Gasteiger partial charge in [-0.15, -0.1) is 0 Å². The lowest BCUT2D eigenvalue weighted by Gasteiger charge is -1.96. The van der Waals surface area contributed by atoms with Crippen LogP contribution in [0.5, 0.6) is 0 Å². The summed E-state index contributed by atoms with van der Waals surface area (Å²) in [7, 11) is 0. The summed E-state index contributed by atoms with van der Waals surface area (Å²) in [6.45, 7) is 6.76. The molecule has 0 heterocycles. The van der Waals surface area contributed by atoms with Gasteiger partial charge >= 0.3 is 11.9 Å². The summed E-state index contributed by atoms with van der Waals surface area (Å²) in [4.78, 5) is 30.3. The van der Waals surface area contributed by atoms with Gasteiger partial charge in [0.2, 0.25) is 0 Å². The monoisotopic (exact) mass is 214 g/mol. The first-order valence-corrected chi connectivity index (χ1v) is 4.44. The van der Waals surface area contributed by atoms with Gasteiger partial charge in [-0.1, -0.05) is 17.2 Å². The van der Waals surface area contributed by atoms with Crippen LogP contribution in [0.3, 0.4) is 0 Å². The molecule has 84 valence electrons. The van der Waals surface area contributed by atoms with E-state index in [0.29, 0.717) is 17.8 Å². The molecule has 0 aromatic heterocycles. The molecule has 0 fully saturated rings. The molecule has 0 unspecified atom stereocenters. The highest BCUT2D eigenvalue weighted by Gasteiger charge is 2.18. The molecule has 0 aliphatic heterocycles. The Hall–Kier alpha value is -1.72. The molecule has 0 N–H and O–H groups in total. The minimum Gasteiger partial charge on any atom is -0.306 e. The zero-order valence-corrected chi connectivity index (χ0v) is 9.23. The maximum Gasteiger partial charge on any atom is 0.445 e. The molecule has 0 atom stereocenters. The van der Waals surface area contributed by atoms with Gasteiger partial charge in [0.05, 0.1) is 11.4 Å².